The lowest BCUT2D eigenvalue weighted by molar-refractivity contribution is -0.140. The summed E-state index contributed by atoms with van der Waals surface area (Å²) < 4.78 is 35.7. The van der Waals surface area contributed by atoms with Gasteiger partial charge in [0.2, 0.25) is 11.8 Å². The van der Waals surface area contributed by atoms with Crippen LogP contribution in [0.25, 0.3) is 0 Å². The van der Waals surface area contributed by atoms with Gasteiger partial charge < -0.3 is 15.0 Å². The molecule has 0 saturated carbocycles. The summed E-state index contributed by atoms with van der Waals surface area (Å²) in [6, 6.07) is 28.0. The largest absolute Gasteiger partial charge is 0.494 e. The molecule has 0 saturated heterocycles. The van der Waals surface area contributed by atoms with Crippen molar-refractivity contribution in [3.05, 3.63) is 124 Å². The van der Waals surface area contributed by atoms with Gasteiger partial charge in [-0.15, -0.1) is 0 Å². The van der Waals surface area contributed by atoms with Gasteiger partial charge in [0.25, 0.3) is 10.0 Å². The fraction of sp³-hybridized carbons (Fsp3) is 0.257. The minimum absolute atomic E-state index is 0.00780. The summed E-state index contributed by atoms with van der Waals surface area (Å²) in [6.45, 7) is 5.39. The molecule has 242 valence electrons. The average Bonchev–Trinajstić information content (AvgIpc) is 3.03. The summed E-state index contributed by atoms with van der Waals surface area (Å²) in [6.07, 6.45) is 0.206. The van der Waals surface area contributed by atoms with E-state index < -0.39 is 28.5 Å². The van der Waals surface area contributed by atoms with Crippen molar-refractivity contribution in [1.29, 1.82) is 0 Å². The second kappa shape index (κ2) is 16.1. The van der Waals surface area contributed by atoms with E-state index in [2.05, 4.69) is 21.2 Å². The van der Waals surface area contributed by atoms with Crippen LogP contribution < -0.4 is 14.4 Å². The van der Waals surface area contributed by atoms with Gasteiger partial charge >= 0.3 is 0 Å². The number of nitrogens with zero attached hydrogens (tertiary/aromatic N) is 2. The fourth-order valence-electron chi connectivity index (χ4n) is 4.88. The first-order valence-corrected chi connectivity index (χ1v) is 17.5. The van der Waals surface area contributed by atoms with Gasteiger partial charge in [0, 0.05) is 28.5 Å². The third-order valence-corrected chi connectivity index (χ3v) is 9.80. The SMILES string of the molecule is CCOc1ccc(N(CC(=O)N(Cc2ccccc2Cl)C(Cc2ccccc2)C(=O)NC(C)C)S(=O)(=O)c2ccc(Br)cc2)cc1. The first-order chi connectivity index (χ1) is 22.0. The van der Waals surface area contributed by atoms with Crippen LogP contribution in [0.4, 0.5) is 5.69 Å². The van der Waals surface area contributed by atoms with Crippen LogP contribution in [0.3, 0.4) is 0 Å². The van der Waals surface area contributed by atoms with E-state index in [1.165, 1.54) is 17.0 Å². The summed E-state index contributed by atoms with van der Waals surface area (Å²) >= 11 is 9.90. The van der Waals surface area contributed by atoms with Crippen molar-refractivity contribution in [2.45, 2.75) is 50.7 Å². The molecule has 0 heterocycles. The summed E-state index contributed by atoms with van der Waals surface area (Å²) in [7, 11) is -4.23. The predicted octanol–water partition coefficient (Wildman–Crippen LogP) is 6.86. The van der Waals surface area contributed by atoms with Crippen LogP contribution in [0.15, 0.2) is 112 Å². The normalized spacial score (nSPS) is 12.0. The number of halogens is 2. The Morgan fingerprint density at radius 3 is 2.13 bits per heavy atom. The molecule has 0 spiro atoms. The molecule has 4 rings (SSSR count). The lowest BCUT2D eigenvalue weighted by atomic mass is 10.0. The van der Waals surface area contributed by atoms with E-state index in [1.54, 1.807) is 60.7 Å². The van der Waals surface area contributed by atoms with Crippen LogP contribution in [0.5, 0.6) is 5.75 Å². The third kappa shape index (κ3) is 9.11. The number of benzene rings is 4. The van der Waals surface area contributed by atoms with Crippen molar-refractivity contribution in [2.75, 3.05) is 17.5 Å². The lowest BCUT2D eigenvalue weighted by Gasteiger charge is -2.34. The lowest BCUT2D eigenvalue weighted by Crippen LogP contribution is -2.54. The number of ether oxygens (including phenoxy) is 1. The van der Waals surface area contributed by atoms with Gasteiger partial charge in [0.1, 0.15) is 18.3 Å². The van der Waals surface area contributed by atoms with Crippen LogP contribution in [0, 0.1) is 0 Å². The highest BCUT2D eigenvalue weighted by Gasteiger charge is 2.35. The quantitative estimate of drug-likeness (QED) is 0.153. The van der Waals surface area contributed by atoms with E-state index in [9.17, 15) is 18.0 Å². The van der Waals surface area contributed by atoms with Gasteiger partial charge in [0.15, 0.2) is 0 Å². The van der Waals surface area contributed by atoms with E-state index in [4.69, 9.17) is 16.3 Å². The topological polar surface area (TPSA) is 96.0 Å². The molecular formula is C35H37BrClN3O5S. The van der Waals surface area contributed by atoms with Crippen LogP contribution in [0.1, 0.15) is 31.9 Å². The maximum Gasteiger partial charge on any atom is 0.264 e. The first kappa shape index (κ1) is 35.0. The van der Waals surface area contributed by atoms with Gasteiger partial charge in [-0.3, -0.25) is 13.9 Å². The second-order valence-corrected chi connectivity index (χ2v) is 14.1. The van der Waals surface area contributed by atoms with Crippen molar-refractivity contribution in [3.8, 4) is 5.75 Å². The number of anilines is 1. The Balaban J connectivity index is 1.81. The monoisotopic (exact) mass is 725 g/mol. The Morgan fingerprint density at radius 2 is 1.52 bits per heavy atom. The zero-order valence-corrected chi connectivity index (χ0v) is 29.1. The number of carbonyl (C=O) groups is 2. The molecule has 46 heavy (non-hydrogen) atoms. The Morgan fingerprint density at radius 1 is 0.891 bits per heavy atom. The number of carbonyl (C=O) groups excluding carboxylic acids is 2. The smallest absolute Gasteiger partial charge is 0.264 e. The van der Waals surface area contributed by atoms with E-state index in [0.717, 1.165) is 9.87 Å². The molecule has 8 nitrogen and oxygen atoms in total. The number of hydrogen-bond acceptors (Lipinski definition) is 5. The van der Waals surface area contributed by atoms with E-state index in [-0.39, 0.29) is 35.5 Å². The molecule has 0 aliphatic carbocycles. The number of sulfonamides is 1. The zero-order valence-electron chi connectivity index (χ0n) is 25.9. The molecule has 4 aromatic carbocycles. The van der Waals surface area contributed by atoms with Gasteiger partial charge in [0.05, 0.1) is 17.2 Å². The van der Waals surface area contributed by atoms with Gasteiger partial charge in [-0.1, -0.05) is 76.1 Å². The summed E-state index contributed by atoms with van der Waals surface area (Å²) in [5.74, 6) is -0.371. The van der Waals surface area contributed by atoms with Gasteiger partial charge in [-0.2, -0.15) is 0 Å². The Kier molecular flexibility index (Phi) is 12.3. The summed E-state index contributed by atoms with van der Waals surface area (Å²) in [5.41, 5.74) is 1.73. The molecular weight excluding hydrogens is 690 g/mol. The molecule has 2 amide bonds. The van der Waals surface area contributed by atoms with E-state index in [0.29, 0.717) is 27.4 Å². The van der Waals surface area contributed by atoms with Gasteiger partial charge in [-0.25, -0.2) is 8.42 Å². The first-order valence-electron chi connectivity index (χ1n) is 14.9. The standard InChI is InChI=1S/C35H37BrClN3O5S/c1-4-45-30-18-16-29(17-19-30)40(46(43,44)31-20-14-28(36)15-21-31)24-34(41)39(23-27-12-8-9-13-32(27)37)33(35(42)38-25(2)3)22-26-10-6-5-7-11-26/h5-21,25,33H,4,22-24H2,1-3H3,(H,38,42). The maximum atomic E-state index is 14.5. The van der Waals surface area contributed by atoms with Crippen molar-refractivity contribution < 1.29 is 22.7 Å². The molecule has 0 aliphatic rings. The Bertz CT molecular complexity index is 1720. The Labute approximate surface area is 284 Å². The highest BCUT2D eigenvalue weighted by Crippen LogP contribution is 2.28. The molecule has 1 N–H and O–H groups in total. The van der Waals surface area contributed by atoms with Crippen molar-refractivity contribution in [2.24, 2.45) is 0 Å². The Hall–Kier alpha value is -3.86. The highest BCUT2D eigenvalue weighted by molar-refractivity contribution is 9.10. The van der Waals surface area contributed by atoms with Crippen LogP contribution >= 0.6 is 27.5 Å². The van der Waals surface area contributed by atoms with Gasteiger partial charge in [-0.05, 0) is 86.5 Å². The number of amides is 2. The molecule has 0 bridgehead atoms. The molecule has 0 aromatic heterocycles. The molecule has 0 aliphatic heterocycles. The molecule has 0 fully saturated rings. The highest BCUT2D eigenvalue weighted by atomic mass is 79.9. The average molecular weight is 727 g/mol. The molecule has 11 heteroatoms. The van der Waals surface area contributed by atoms with E-state index >= 15 is 0 Å². The van der Waals surface area contributed by atoms with Crippen LogP contribution in [-0.4, -0.2) is 50.4 Å². The summed E-state index contributed by atoms with van der Waals surface area (Å²) in [5, 5.41) is 3.37. The fourth-order valence-corrected chi connectivity index (χ4v) is 6.76. The number of hydrogen-bond donors (Lipinski definition) is 1. The van der Waals surface area contributed by atoms with Crippen molar-refractivity contribution in [3.63, 3.8) is 0 Å². The molecule has 4 aromatic rings. The van der Waals surface area contributed by atoms with Crippen molar-refractivity contribution >= 4 is 55.1 Å². The second-order valence-electron chi connectivity index (χ2n) is 10.9. The summed E-state index contributed by atoms with van der Waals surface area (Å²) in [4.78, 5) is 29.8. The molecule has 0 radical (unpaired) electrons. The minimum atomic E-state index is -4.23. The third-order valence-electron chi connectivity index (χ3n) is 7.12. The number of nitrogens with one attached hydrogen (secondary N) is 1. The van der Waals surface area contributed by atoms with E-state index in [1.807, 2.05) is 51.1 Å². The van der Waals surface area contributed by atoms with Crippen molar-refractivity contribution in [1.82, 2.24) is 10.2 Å². The van der Waals surface area contributed by atoms with Crippen LogP contribution in [0.2, 0.25) is 5.02 Å². The van der Waals surface area contributed by atoms with Crippen LogP contribution in [-0.2, 0) is 32.6 Å². The maximum absolute atomic E-state index is 14.5. The minimum Gasteiger partial charge on any atom is -0.494 e. The molecule has 1 unspecified atom stereocenters. The predicted molar refractivity (Wildman–Crippen MR) is 185 cm³/mol. The zero-order chi connectivity index (χ0) is 33.3. The number of rotatable bonds is 14. The molecule has 1 atom stereocenters.